The van der Waals surface area contributed by atoms with Crippen LogP contribution in [0.5, 0.6) is 0 Å². The summed E-state index contributed by atoms with van der Waals surface area (Å²) < 4.78 is 0. The number of hydrogen-bond donors (Lipinski definition) is 0. The van der Waals surface area contributed by atoms with Gasteiger partial charge in [-0.05, 0) is 71.4 Å². The molecule has 0 aliphatic heterocycles. The molecule has 0 aromatic rings. The molecule has 0 bridgehead atoms. The van der Waals surface area contributed by atoms with E-state index in [2.05, 4.69) is 67.2 Å². The average Bonchev–Trinajstić information content (AvgIpc) is 2.78. The smallest absolute Gasteiger partial charge is 0.0202 e. The maximum Gasteiger partial charge on any atom is 0.0202 e. The third-order valence-corrected chi connectivity index (χ3v) is 4.22. The fraction of sp³-hybridized carbons (Fsp3) is 0.647. The fourth-order valence-electron chi connectivity index (χ4n) is 1.90. The summed E-state index contributed by atoms with van der Waals surface area (Å²) in [7, 11) is 0. The highest BCUT2D eigenvalue weighted by molar-refractivity contribution is 5.41. The van der Waals surface area contributed by atoms with E-state index in [1.807, 2.05) is 74.5 Å². The number of hydrogen-bond acceptors (Lipinski definition) is 0. The van der Waals surface area contributed by atoms with Gasteiger partial charge in [0.2, 0.25) is 0 Å². The quantitative estimate of drug-likeness (QED) is 0.186. The summed E-state index contributed by atoms with van der Waals surface area (Å²) in [6.07, 6.45) is 15.8. The van der Waals surface area contributed by atoms with Crippen molar-refractivity contribution >= 4 is 0 Å². The second-order valence-electron chi connectivity index (χ2n) is 8.78. The summed E-state index contributed by atoms with van der Waals surface area (Å²) in [5.74, 6) is 4.21. The molecule has 0 spiro atoms. The molecule has 0 aliphatic carbocycles. The summed E-state index contributed by atoms with van der Waals surface area (Å²) in [5.41, 5.74) is 5.59. The maximum absolute atomic E-state index is 5.24. The van der Waals surface area contributed by atoms with Crippen molar-refractivity contribution in [3.63, 3.8) is 0 Å². The molecular formula is C34H66. The van der Waals surface area contributed by atoms with E-state index in [1.165, 1.54) is 43.3 Å². The van der Waals surface area contributed by atoms with Crippen LogP contribution in [0, 0.1) is 24.2 Å². The molecule has 0 heteroatoms. The van der Waals surface area contributed by atoms with Crippen LogP contribution in [-0.4, -0.2) is 0 Å². The van der Waals surface area contributed by atoms with Crippen LogP contribution in [0.2, 0.25) is 0 Å². The van der Waals surface area contributed by atoms with E-state index in [1.54, 1.807) is 0 Å². The number of allylic oxidation sites excluding steroid dienone is 7. The van der Waals surface area contributed by atoms with Crippen LogP contribution in [0.25, 0.3) is 0 Å². The SMILES string of the molecule is C#CC(/C=C(/C)C(=C)C)=C/C.C=C(C)C.C=C(C)C(C)CCCC.CC.CC.CCCC(C)C. The summed E-state index contributed by atoms with van der Waals surface area (Å²) in [4.78, 5) is 0. The van der Waals surface area contributed by atoms with E-state index in [0.717, 1.165) is 28.6 Å². The monoisotopic (exact) mass is 475 g/mol. The minimum atomic E-state index is 0.727. The molecule has 0 radical (unpaired) electrons. The largest absolute Gasteiger partial charge is 0.115 e. The Morgan fingerprint density at radius 3 is 1.41 bits per heavy atom. The van der Waals surface area contributed by atoms with Crippen molar-refractivity contribution in [1.29, 1.82) is 0 Å². The zero-order valence-corrected chi connectivity index (χ0v) is 26.5. The molecule has 0 N–H and O–H groups in total. The van der Waals surface area contributed by atoms with E-state index < -0.39 is 0 Å². The van der Waals surface area contributed by atoms with E-state index in [0.29, 0.717) is 0 Å². The summed E-state index contributed by atoms with van der Waals surface area (Å²) in [5, 5.41) is 0. The van der Waals surface area contributed by atoms with Gasteiger partial charge < -0.3 is 0 Å². The van der Waals surface area contributed by atoms with Crippen molar-refractivity contribution in [3.05, 3.63) is 59.8 Å². The van der Waals surface area contributed by atoms with Crippen molar-refractivity contribution in [3.8, 4) is 12.3 Å². The van der Waals surface area contributed by atoms with Crippen LogP contribution in [0.4, 0.5) is 0 Å². The molecule has 0 amide bonds. The lowest BCUT2D eigenvalue weighted by Crippen LogP contribution is -1.93. The highest BCUT2D eigenvalue weighted by Gasteiger charge is 1.99. The first kappa shape index (κ1) is 45.7. The Kier molecular flexibility index (Phi) is 51.8. The summed E-state index contributed by atoms with van der Waals surface area (Å²) in [6, 6.07) is 0. The first-order valence-corrected chi connectivity index (χ1v) is 13.5. The summed E-state index contributed by atoms with van der Waals surface area (Å²) in [6.45, 7) is 42.4. The fourth-order valence-corrected chi connectivity index (χ4v) is 1.90. The predicted molar refractivity (Wildman–Crippen MR) is 168 cm³/mol. The van der Waals surface area contributed by atoms with Gasteiger partial charge in [0, 0.05) is 5.57 Å². The standard InChI is InChI=1S/C11H14.C9H18.C6H14.C4H8.2C2H6/c1-6-11(7-2)8-10(5)9(3)4;1-5-6-7-9(4)8(2)3;1-4-5-6(2)3;1-4(2)3;2*1-2/h1,7-8H,3H2,2,4-5H3;9H,2,5-7H2,1,3-4H3;6H,4-5H2,1-3H3;1H2,2-3H3;2*1-2H3/b10-8-,11-7-;;;;;. The van der Waals surface area contributed by atoms with Gasteiger partial charge in [0.05, 0.1) is 0 Å². The molecule has 0 heterocycles. The highest BCUT2D eigenvalue weighted by atomic mass is 14.0. The molecule has 202 valence electrons. The van der Waals surface area contributed by atoms with E-state index in [-0.39, 0.29) is 0 Å². The maximum atomic E-state index is 5.24. The van der Waals surface area contributed by atoms with E-state index in [4.69, 9.17) is 6.42 Å². The van der Waals surface area contributed by atoms with Crippen LogP contribution in [0.15, 0.2) is 59.8 Å². The zero-order chi connectivity index (χ0) is 28.7. The summed E-state index contributed by atoms with van der Waals surface area (Å²) >= 11 is 0. The van der Waals surface area contributed by atoms with E-state index in [9.17, 15) is 0 Å². The number of terminal acetylenes is 1. The van der Waals surface area contributed by atoms with Gasteiger partial charge in [-0.15, -0.1) is 13.0 Å². The van der Waals surface area contributed by atoms with Gasteiger partial charge in [0.15, 0.2) is 0 Å². The van der Waals surface area contributed by atoms with Crippen LogP contribution < -0.4 is 0 Å². The average molecular weight is 475 g/mol. The molecule has 0 fully saturated rings. The van der Waals surface area contributed by atoms with Crippen molar-refractivity contribution in [2.24, 2.45) is 11.8 Å². The van der Waals surface area contributed by atoms with Gasteiger partial charge in [0.1, 0.15) is 0 Å². The second kappa shape index (κ2) is 38.5. The molecule has 0 aliphatic rings. The zero-order valence-electron chi connectivity index (χ0n) is 26.5. The number of unbranched alkanes of at least 4 members (excludes halogenated alkanes) is 1. The topological polar surface area (TPSA) is 0 Å². The van der Waals surface area contributed by atoms with Crippen molar-refractivity contribution in [2.75, 3.05) is 0 Å². The molecule has 34 heavy (non-hydrogen) atoms. The number of rotatable bonds is 8. The first-order chi connectivity index (χ1) is 15.8. The van der Waals surface area contributed by atoms with Gasteiger partial charge in [-0.1, -0.05) is 130 Å². The highest BCUT2D eigenvalue weighted by Crippen LogP contribution is 2.14. The van der Waals surface area contributed by atoms with Crippen LogP contribution in [0.3, 0.4) is 0 Å². The van der Waals surface area contributed by atoms with Crippen LogP contribution in [0.1, 0.15) is 136 Å². The second-order valence-corrected chi connectivity index (χ2v) is 8.78. The van der Waals surface area contributed by atoms with E-state index >= 15 is 0 Å². The van der Waals surface area contributed by atoms with Gasteiger partial charge in [-0.2, -0.15) is 0 Å². The predicted octanol–water partition coefficient (Wildman–Crippen LogP) is 12.6. The van der Waals surface area contributed by atoms with Gasteiger partial charge in [0.25, 0.3) is 0 Å². The molecular weight excluding hydrogens is 408 g/mol. The Bertz CT molecular complexity index is 539. The van der Waals surface area contributed by atoms with Crippen molar-refractivity contribution in [2.45, 2.75) is 136 Å². The van der Waals surface area contributed by atoms with Gasteiger partial charge >= 0.3 is 0 Å². The molecule has 0 nitrogen and oxygen atoms in total. The Balaban J connectivity index is -0.0000000767. The van der Waals surface area contributed by atoms with Crippen molar-refractivity contribution < 1.29 is 0 Å². The molecule has 0 rings (SSSR count). The third-order valence-electron chi connectivity index (χ3n) is 4.22. The minimum Gasteiger partial charge on any atom is -0.115 e. The first-order valence-electron chi connectivity index (χ1n) is 13.5. The molecule has 0 saturated heterocycles. The third kappa shape index (κ3) is 57.3. The van der Waals surface area contributed by atoms with Gasteiger partial charge in [-0.3, -0.25) is 0 Å². The van der Waals surface area contributed by atoms with Crippen molar-refractivity contribution in [1.82, 2.24) is 0 Å². The van der Waals surface area contributed by atoms with Crippen LogP contribution in [-0.2, 0) is 0 Å². The molecule has 1 unspecified atom stereocenters. The van der Waals surface area contributed by atoms with Crippen LogP contribution >= 0.6 is 0 Å². The Morgan fingerprint density at radius 1 is 0.824 bits per heavy atom. The Labute approximate surface area is 219 Å². The molecule has 0 aromatic heterocycles. The molecule has 0 aromatic carbocycles. The molecule has 1 atom stereocenters. The lowest BCUT2D eigenvalue weighted by molar-refractivity contribution is 0.573. The lowest BCUT2D eigenvalue weighted by atomic mass is 9.98. The molecule has 0 saturated carbocycles. The lowest BCUT2D eigenvalue weighted by Gasteiger charge is -2.08. The normalized spacial score (nSPS) is 10.4. The minimum absolute atomic E-state index is 0.727. The van der Waals surface area contributed by atoms with Gasteiger partial charge in [-0.25, -0.2) is 0 Å². The Hall–Kier alpha value is -1.74. The Morgan fingerprint density at radius 2 is 1.24 bits per heavy atom.